The van der Waals surface area contributed by atoms with Crippen LogP contribution in [-0.2, 0) is 4.74 Å². The fourth-order valence-electron chi connectivity index (χ4n) is 2.26. The Morgan fingerprint density at radius 1 is 1.42 bits per heavy atom. The fraction of sp³-hybridized carbons (Fsp3) is 0.455. The third-order valence-electron chi connectivity index (χ3n) is 3.27. The molecule has 0 radical (unpaired) electrons. The fourth-order valence-corrected chi connectivity index (χ4v) is 2.48. The first-order valence-electron chi connectivity index (χ1n) is 5.80. The molecule has 19 heavy (non-hydrogen) atoms. The van der Waals surface area contributed by atoms with Crippen LogP contribution in [0.25, 0.3) is 11.2 Å². The van der Waals surface area contributed by atoms with Gasteiger partial charge in [0.15, 0.2) is 6.23 Å². The largest absolute Gasteiger partial charge is 0.394 e. The molecule has 102 valence electrons. The standard InChI is InChI=1S/C11H13N3O4S/c15-3-5-8(16)9(17)11(18-5)14-4-13-7-6(19)1-2-12-10(7)14/h1-2,4-5,8-9,11,15-17H,3H2,(H,12,19)/t5-,8-,9+,11-/m1/s1. The zero-order valence-electron chi connectivity index (χ0n) is 9.80. The van der Waals surface area contributed by atoms with Gasteiger partial charge in [0.05, 0.1) is 17.4 Å². The Labute approximate surface area is 113 Å². The van der Waals surface area contributed by atoms with Gasteiger partial charge >= 0.3 is 0 Å². The van der Waals surface area contributed by atoms with Gasteiger partial charge in [-0.05, 0) is 6.07 Å². The van der Waals surface area contributed by atoms with Gasteiger partial charge in [-0.3, -0.25) is 4.57 Å². The van der Waals surface area contributed by atoms with Gasteiger partial charge in [0.1, 0.15) is 29.5 Å². The normalized spacial score (nSPS) is 31.1. The van der Waals surface area contributed by atoms with E-state index in [0.29, 0.717) is 15.7 Å². The molecule has 4 N–H and O–H groups in total. The number of nitrogens with one attached hydrogen (secondary N) is 1. The number of pyridine rings is 1. The summed E-state index contributed by atoms with van der Waals surface area (Å²) in [6.07, 6.45) is -0.758. The predicted molar refractivity (Wildman–Crippen MR) is 67.9 cm³/mol. The number of rotatable bonds is 2. The summed E-state index contributed by atoms with van der Waals surface area (Å²) < 4.78 is 7.59. The van der Waals surface area contributed by atoms with Crippen LogP contribution in [0, 0.1) is 4.51 Å². The highest BCUT2D eigenvalue weighted by Crippen LogP contribution is 2.31. The second-order valence-electron chi connectivity index (χ2n) is 4.42. The number of ether oxygens (including phenoxy) is 1. The average molecular weight is 283 g/mol. The lowest BCUT2D eigenvalue weighted by molar-refractivity contribution is -0.0511. The molecule has 3 rings (SSSR count). The van der Waals surface area contributed by atoms with Crippen LogP contribution in [0.3, 0.4) is 0 Å². The molecule has 0 saturated carbocycles. The van der Waals surface area contributed by atoms with Gasteiger partial charge in [0.2, 0.25) is 0 Å². The molecular formula is C11H13N3O4S. The molecule has 2 aromatic rings. The number of hydrogen-bond donors (Lipinski definition) is 4. The molecule has 8 heteroatoms. The van der Waals surface area contributed by atoms with E-state index >= 15 is 0 Å². The van der Waals surface area contributed by atoms with Crippen molar-refractivity contribution in [2.45, 2.75) is 24.5 Å². The molecule has 0 aliphatic carbocycles. The molecule has 7 nitrogen and oxygen atoms in total. The Morgan fingerprint density at radius 2 is 2.21 bits per heavy atom. The molecular weight excluding hydrogens is 270 g/mol. The maximum absolute atomic E-state index is 9.98. The summed E-state index contributed by atoms with van der Waals surface area (Å²) in [7, 11) is 0. The van der Waals surface area contributed by atoms with E-state index in [2.05, 4.69) is 9.97 Å². The van der Waals surface area contributed by atoms with Crippen molar-refractivity contribution in [1.29, 1.82) is 0 Å². The van der Waals surface area contributed by atoms with Crippen LogP contribution in [0.1, 0.15) is 6.23 Å². The zero-order chi connectivity index (χ0) is 13.6. The lowest BCUT2D eigenvalue weighted by atomic mass is 10.1. The minimum atomic E-state index is -1.14. The van der Waals surface area contributed by atoms with Crippen LogP contribution in [0.5, 0.6) is 0 Å². The smallest absolute Gasteiger partial charge is 0.165 e. The molecule has 0 spiro atoms. The Kier molecular flexibility index (Phi) is 3.11. The molecule has 2 aromatic heterocycles. The summed E-state index contributed by atoms with van der Waals surface area (Å²) >= 11 is 5.15. The summed E-state index contributed by atoms with van der Waals surface area (Å²) in [5.74, 6) is 0. The van der Waals surface area contributed by atoms with Crippen LogP contribution >= 0.6 is 12.2 Å². The lowest BCUT2D eigenvalue weighted by Crippen LogP contribution is -2.33. The number of aromatic amines is 1. The summed E-state index contributed by atoms with van der Waals surface area (Å²) in [5, 5.41) is 28.8. The van der Waals surface area contributed by atoms with E-state index in [0.717, 1.165) is 0 Å². The topological polar surface area (TPSA) is 104 Å². The number of aliphatic hydroxyl groups is 3. The van der Waals surface area contributed by atoms with Crippen molar-refractivity contribution >= 4 is 23.4 Å². The van der Waals surface area contributed by atoms with Crippen LogP contribution in [0.15, 0.2) is 18.6 Å². The molecule has 1 fully saturated rings. The Morgan fingerprint density at radius 3 is 2.89 bits per heavy atom. The molecule has 0 amide bonds. The third-order valence-corrected chi connectivity index (χ3v) is 3.60. The van der Waals surface area contributed by atoms with Gasteiger partial charge in [0.25, 0.3) is 0 Å². The number of aromatic nitrogens is 3. The maximum Gasteiger partial charge on any atom is 0.165 e. The minimum absolute atomic E-state index is 0.364. The van der Waals surface area contributed by atoms with Crippen molar-refractivity contribution in [3.8, 4) is 0 Å². The number of nitrogens with zero attached hydrogens (tertiary/aromatic N) is 2. The summed E-state index contributed by atoms with van der Waals surface area (Å²) in [4.78, 5) is 7.15. The van der Waals surface area contributed by atoms with Gasteiger partial charge in [-0.2, -0.15) is 0 Å². The molecule has 4 atom stereocenters. The van der Waals surface area contributed by atoms with Crippen LogP contribution in [-0.4, -0.2) is 54.8 Å². The monoisotopic (exact) mass is 283 g/mol. The summed E-state index contributed by atoms with van der Waals surface area (Å²) in [6.45, 7) is -0.364. The molecule has 0 aromatic carbocycles. The average Bonchev–Trinajstić information content (AvgIpc) is 2.94. The summed E-state index contributed by atoms with van der Waals surface area (Å²) in [6, 6.07) is 1.71. The van der Waals surface area contributed by atoms with E-state index < -0.39 is 24.5 Å². The Hall–Kier alpha value is -1.32. The SMILES string of the molecule is OC[C@H]1O[C@@H](n2cnc3c(=S)cc[nH]c32)[C@@H](O)[C@@H]1O. The molecule has 1 saturated heterocycles. The number of aliphatic hydroxyl groups excluding tert-OH is 3. The zero-order valence-corrected chi connectivity index (χ0v) is 10.6. The Balaban J connectivity index is 2.06. The first-order valence-corrected chi connectivity index (χ1v) is 6.21. The van der Waals surface area contributed by atoms with E-state index in [1.165, 1.54) is 6.33 Å². The van der Waals surface area contributed by atoms with E-state index in [1.54, 1.807) is 16.8 Å². The molecule has 0 unspecified atom stereocenters. The van der Waals surface area contributed by atoms with Crippen LogP contribution in [0.4, 0.5) is 0 Å². The molecule has 0 bridgehead atoms. The van der Waals surface area contributed by atoms with Crippen molar-refractivity contribution < 1.29 is 20.1 Å². The van der Waals surface area contributed by atoms with Gasteiger partial charge in [-0.15, -0.1) is 0 Å². The van der Waals surface area contributed by atoms with E-state index in [-0.39, 0.29) is 6.61 Å². The quantitative estimate of drug-likeness (QED) is 0.565. The van der Waals surface area contributed by atoms with Gasteiger partial charge in [-0.1, -0.05) is 12.2 Å². The number of imidazole rings is 1. The highest BCUT2D eigenvalue weighted by molar-refractivity contribution is 7.71. The van der Waals surface area contributed by atoms with E-state index in [4.69, 9.17) is 22.1 Å². The van der Waals surface area contributed by atoms with Crippen molar-refractivity contribution in [1.82, 2.24) is 14.5 Å². The molecule has 1 aliphatic rings. The van der Waals surface area contributed by atoms with Crippen LogP contribution < -0.4 is 0 Å². The highest BCUT2D eigenvalue weighted by Gasteiger charge is 2.43. The second-order valence-corrected chi connectivity index (χ2v) is 4.86. The van der Waals surface area contributed by atoms with Crippen molar-refractivity contribution in [3.05, 3.63) is 23.1 Å². The van der Waals surface area contributed by atoms with Crippen LogP contribution in [0.2, 0.25) is 0 Å². The van der Waals surface area contributed by atoms with E-state index in [1.807, 2.05) is 0 Å². The van der Waals surface area contributed by atoms with Crippen molar-refractivity contribution in [2.75, 3.05) is 6.61 Å². The number of fused-ring (bicyclic) bond motifs is 1. The summed E-state index contributed by atoms with van der Waals surface area (Å²) in [5.41, 5.74) is 1.19. The minimum Gasteiger partial charge on any atom is -0.394 e. The maximum atomic E-state index is 9.98. The van der Waals surface area contributed by atoms with Crippen molar-refractivity contribution in [3.63, 3.8) is 0 Å². The first kappa shape index (κ1) is 12.7. The Bertz CT molecular complexity index is 655. The van der Waals surface area contributed by atoms with Gasteiger partial charge < -0.3 is 25.0 Å². The number of H-pyrrole nitrogens is 1. The lowest BCUT2D eigenvalue weighted by Gasteiger charge is -2.16. The van der Waals surface area contributed by atoms with Crippen molar-refractivity contribution in [2.24, 2.45) is 0 Å². The highest BCUT2D eigenvalue weighted by atomic mass is 32.1. The predicted octanol–water partition coefficient (Wildman–Crippen LogP) is -0.295. The first-order chi connectivity index (χ1) is 9.13. The van der Waals surface area contributed by atoms with Gasteiger partial charge in [-0.25, -0.2) is 4.98 Å². The van der Waals surface area contributed by atoms with E-state index in [9.17, 15) is 10.2 Å². The second kappa shape index (κ2) is 4.66. The molecule has 1 aliphatic heterocycles. The third kappa shape index (κ3) is 1.88. The van der Waals surface area contributed by atoms with Gasteiger partial charge in [0, 0.05) is 6.20 Å². The number of hydrogen-bond acceptors (Lipinski definition) is 6. The molecule has 3 heterocycles.